The van der Waals surface area contributed by atoms with E-state index in [1.54, 1.807) is 23.7 Å². The van der Waals surface area contributed by atoms with E-state index in [9.17, 15) is 19.5 Å². The molecule has 1 unspecified atom stereocenters. The molecule has 2 aliphatic heterocycles. The number of hydrogen-bond acceptors (Lipinski definition) is 15. The van der Waals surface area contributed by atoms with Crippen LogP contribution in [0.4, 0.5) is 16.1 Å². The molecule has 3 aromatic rings. The number of nitrogen functional groups attached to an aromatic ring is 1. The lowest BCUT2D eigenvalue weighted by Crippen LogP contribution is -2.71. The molecule has 0 aliphatic carbocycles. The van der Waals surface area contributed by atoms with E-state index in [4.69, 9.17) is 10.6 Å². The highest BCUT2D eigenvalue weighted by atomic mass is 32.2. The van der Waals surface area contributed by atoms with Gasteiger partial charge >= 0.3 is 5.97 Å². The van der Waals surface area contributed by atoms with E-state index < -0.39 is 29.2 Å². The number of pyridine rings is 1. The first-order valence-corrected chi connectivity index (χ1v) is 14.8. The normalized spacial score (nSPS) is 18.8. The van der Waals surface area contributed by atoms with E-state index in [-0.39, 0.29) is 22.2 Å². The van der Waals surface area contributed by atoms with E-state index in [0.717, 1.165) is 11.3 Å². The number of amides is 2. The van der Waals surface area contributed by atoms with Gasteiger partial charge < -0.3 is 26.3 Å². The smallest absolute Gasteiger partial charge is 0.352 e. The van der Waals surface area contributed by atoms with E-state index in [1.165, 1.54) is 46.9 Å². The van der Waals surface area contributed by atoms with Crippen LogP contribution >= 0.6 is 46.2 Å². The van der Waals surface area contributed by atoms with Gasteiger partial charge in [0.05, 0.1) is 0 Å². The molecule has 0 radical (unpaired) electrons. The Morgan fingerprint density at radius 1 is 1.36 bits per heavy atom. The fourth-order valence-electron chi connectivity index (χ4n) is 3.71. The maximum Gasteiger partial charge on any atom is 0.352 e. The summed E-state index contributed by atoms with van der Waals surface area (Å²) in [6, 6.07) is 4.51. The Bertz CT molecular complexity index is 1480. The zero-order chi connectivity index (χ0) is 27.5. The number of aromatic nitrogens is 4. The van der Waals surface area contributed by atoms with Crippen molar-refractivity contribution in [1.29, 1.82) is 0 Å². The van der Waals surface area contributed by atoms with Gasteiger partial charge in [0.2, 0.25) is 5.13 Å². The standard InChI is InChI=1S/C21H19N9O5S4/c1-35-29-12(10-8-37-19(22)24-10)15(31)26-13-16(32)30-14(18(33)34)9(6-36-17(13)30)7-38-21-28-27-20(39-21)25-11-4-2-3-5-23-11/h2-5,8,13,17H,6-7H2,1H3,(H2,22,24)(H,26,31)(H,33,34)(H,23,25,27)/t13?,17-/m0/s1. The predicted molar refractivity (Wildman–Crippen MR) is 148 cm³/mol. The van der Waals surface area contributed by atoms with Crippen molar-refractivity contribution in [1.82, 2.24) is 30.4 Å². The lowest BCUT2D eigenvalue weighted by atomic mass is 10.0. The van der Waals surface area contributed by atoms with Crippen LogP contribution in [-0.2, 0) is 19.2 Å². The minimum absolute atomic E-state index is 0.0869. The molecule has 0 bridgehead atoms. The molecular weight excluding hydrogens is 587 g/mol. The number of thioether (sulfide) groups is 2. The Hall–Kier alpha value is -3.74. The summed E-state index contributed by atoms with van der Waals surface area (Å²) in [5.41, 5.74) is 6.20. The lowest BCUT2D eigenvalue weighted by molar-refractivity contribution is -0.150. The number of thiazole rings is 1. The Kier molecular flexibility index (Phi) is 7.96. The molecule has 3 aromatic heterocycles. The van der Waals surface area contributed by atoms with Crippen molar-refractivity contribution in [3.63, 3.8) is 0 Å². The fraction of sp³-hybridized carbons (Fsp3) is 0.238. The molecule has 18 heteroatoms. The van der Waals surface area contributed by atoms with Crippen molar-refractivity contribution in [2.75, 3.05) is 29.7 Å². The van der Waals surface area contributed by atoms with Gasteiger partial charge in [0, 0.05) is 23.1 Å². The Morgan fingerprint density at radius 3 is 2.90 bits per heavy atom. The van der Waals surface area contributed by atoms with E-state index in [0.29, 0.717) is 32.4 Å². The molecule has 0 aromatic carbocycles. The van der Waals surface area contributed by atoms with Gasteiger partial charge in [-0.25, -0.2) is 14.8 Å². The molecular formula is C21H19N9O5S4. The minimum atomic E-state index is -1.22. The molecule has 1 saturated heterocycles. The summed E-state index contributed by atoms with van der Waals surface area (Å²) in [7, 11) is 1.28. The van der Waals surface area contributed by atoms with Crippen molar-refractivity contribution in [3.05, 3.63) is 46.7 Å². The molecule has 5 N–H and O–H groups in total. The van der Waals surface area contributed by atoms with Crippen molar-refractivity contribution < 1.29 is 24.3 Å². The highest BCUT2D eigenvalue weighted by Crippen LogP contribution is 2.42. The van der Waals surface area contributed by atoms with Crippen LogP contribution in [-0.4, -0.2) is 83.7 Å². The summed E-state index contributed by atoms with van der Waals surface area (Å²) in [4.78, 5) is 52.3. The van der Waals surface area contributed by atoms with Crippen molar-refractivity contribution in [2.45, 2.75) is 15.8 Å². The van der Waals surface area contributed by atoms with Crippen LogP contribution in [0, 0.1) is 0 Å². The van der Waals surface area contributed by atoms with Gasteiger partial charge in [0.25, 0.3) is 11.8 Å². The average molecular weight is 606 g/mol. The number of carbonyl (C=O) groups excluding carboxylic acids is 2. The number of carboxylic acid groups (broad SMARTS) is 1. The first-order valence-electron chi connectivity index (χ1n) is 11.0. The number of carbonyl (C=O) groups is 3. The van der Waals surface area contributed by atoms with Crippen LogP contribution in [0.2, 0.25) is 0 Å². The van der Waals surface area contributed by atoms with Gasteiger partial charge in [-0.05, 0) is 17.7 Å². The zero-order valence-electron chi connectivity index (χ0n) is 19.9. The maximum absolute atomic E-state index is 13.0. The number of oxime groups is 1. The van der Waals surface area contributed by atoms with Crippen molar-refractivity contribution in [2.24, 2.45) is 5.16 Å². The number of anilines is 3. The summed E-state index contributed by atoms with van der Waals surface area (Å²) >= 11 is 5.12. The molecule has 5 rings (SSSR count). The Labute approximate surface area is 237 Å². The van der Waals surface area contributed by atoms with Crippen LogP contribution in [0.5, 0.6) is 0 Å². The Morgan fingerprint density at radius 2 is 2.21 bits per heavy atom. The number of rotatable bonds is 10. The topological polar surface area (TPSA) is 198 Å². The monoisotopic (exact) mass is 605 g/mol. The molecule has 2 aliphatic rings. The molecule has 2 atom stereocenters. The molecule has 0 spiro atoms. The average Bonchev–Trinajstić information content (AvgIpc) is 3.57. The summed E-state index contributed by atoms with van der Waals surface area (Å²) < 4.78 is 0.630. The summed E-state index contributed by atoms with van der Waals surface area (Å²) in [5.74, 6) is -1.15. The van der Waals surface area contributed by atoms with E-state index in [1.807, 2.05) is 6.07 Å². The minimum Gasteiger partial charge on any atom is -0.477 e. The van der Waals surface area contributed by atoms with Crippen LogP contribution in [0.15, 0.2) is 50.5 Å². The second-order valence-electron chi connectivity index (χ2n) is 7.81. The summed E-state index contributed by atoms with van der Waals surface area (Å²) in [6.07, 6.45) is 1.66. The number of nitrogens with two attached hydrogens (primary N) is 1. The van der Waals surface area contributed by atoms with Gasteiger partial charge in [-0.1, -0.05) is 34.3 Å². The van der Waals surface area contributed by atoms with Crippen LogP contribution in [0.1, 0.15) is 5.69 Å². The highest BCUT2D eigenvalue weighted by molar-refractivity contribution is 8.01. The lowest BCUT2D eigenvalue weighted by Gasteiger charge is -2.49. The van der Waals surface area contributed by atoms with Gasteiger partial charge in [-0.3, -0.25) is 14.5 Å². The molecule has 5 heterocycles. The molecule has 0 saturated carbocycles. The number of hydrogen-bond donors (Lipinski definition) is 4. The number of aliphatic carboxylic acids is 1. The predicted octanol–water partition coefficient (Wildman–Crippen LogP) is 1.60. The molecule has 2 amide bonds. The third kappa shape index (κ3) is 5.68. The number of β-lactam (4-membered cyclic amide) rings is 1. The van der Waals surface area contributed by atoms with Crippen LogP contribution in [0.25, 0.3) is 0 Å². The third-order valence-corrected chi connectivity index (χ3v) is 9.45. The van der Waals surface area contributed by atoms with Crippen molar-refractivity contribution in [3.8, 4) is 0 Å². The first kappa shape index (κ1) is 26.9. The largest absolute Gasteiger partial charge is 0.477 e. The van der Waals surface area contributed by atoms with Gasteiger partial charge in [-0.2, -0.15) is 0 Å². The molecule has 1 fully saturated rings. The quantitative estimate of drug-likeness (QED) is 0.113. The maximum atomic E-state index is 13.0. The van der Waals surface area contributed by atoms with E-state index in [2.05, 4.69) is 36.0 Å². The van der Waals surface area contributed by atoms with Crippen molar-refractivity contribution >= 4 is 85.8 Å². The summed E-state index contributed by atoms with van der Waals surface area (Å²) in [5, 5.41) is 29.3. The van der Waals surface area contributed by atoms with Gasteiger partial charge in [-0.15, -0.1) is 33.3 Å². The van der Waals surface area contributed by atoms with Gasteiger partial charge in [0.15, 0.2) is 15.2 Å². The molecule has 39 heavy (non-hydrogen) atoms. The Balaban J connectivity index is 1.25. The SMILES string of the molecule is CON=C(C(=O)NC1C(=O)N2C(C(=O)O)=C(CSc3nnc(Nc4ccccn4)s3)CS[C@@H]12)c1csc(N)n1. The zero-order valence-corrected chi connectivity index (χ0v) is 23.2. The molecule has 14 nitrogen and oxygen atoms in total. The first-order chi connectivity index (χ1) is 18.9. The summed E-state index contributed by atoms with van der Waals surface area (Å²) in [6.45, 7) is 0. The number of nitrogens with one attached hydrogen (secondary N) is 2. The third-order valence-electron chi connectivity index (χ3n) is 5.37. The molecule has 202 valence electrons. The number of carboxylic acids is 1. The second-order valence-corrected chi connectivity index (χ2v) is 12.0. The number of fused-ring (bicyclic) bond motifs is 1. The fourth-order valence-corrected chi connectivity index (χ4v) is 7.50. The highest BCUT2D eigenvalue weighted by Gasteiger charge is 2.54. The second kappa shape index (κ2) is 11.6. The van der Waals surface area contributed by atoms with E-state index >= 15 is 0 Å². The van der Waals surface area contributed by atoms with Crippen LogP contribution in [0.3, 0.4) is 0 Å². The number of nitrogens with zero attached hydrogens (tertiary/aromatic N) is 6. The van der Waals surface area contributed by atoms with Crippen LogP contribution < -0.4 is 16.4 Å². The van der Waals surface area contributed by atoms with Gasteiger partial charge in [0.1, 0.15) is 35.7 Å².